The number of rotatable bonds is 2. The smallest absolute Gasteiger partial charge is 0.407 e. The second kappa shape index (κ2) is 5.35. The van der Waals surface area contributed by atoms with E-state index in [2.05, 4.69) is 10.7 Å². The molecular weight excluding hydrogens is 222 g/mol. The first-order chi connectivity index (χ1) is 7.83. The van der Waals surface area contributed by atoms with E-state index in [4.69, 9.17) is 10.6 Å². The Bertz CT molecular complexity index is 299. The van der Waals surface area contributed by atoms with Gasteiger partial charge in [0, 0.05) is 6.04 Å². The van der Waals surface area contributed by atoms with Crippen LogP contribution in [-0.2, 0) is 9.53 Å². The summed E-state index contributed by atoms with van der Waals surface area (Å²) in [5.41, 5.74) is 1.59. The molecule has 0 heterocycles. The number of carbonyl (C=O) groups excluding carboxylic acids is 2. The van der Waals surface area contributed by atoms with E-state index in [0.717, 1.165) is 19.3 Å². The summed E-state index contributed by atoms with van der Waals surface area (Å²) in [5.74, 6) is 4.61. The lowest BCUT2D eigenvalue weighted by atomic mass is 10.0. The second-order valence-corrected chi connectivity index (χ2v) is 5.30. The van der Waals surface area contributed by atoms with Crippen molar-refractivity contribution in [1.29, 1.82) is 0 Å². The van der Waals surface area contributed by atoms with Crippen molar-refractivity contribution < 1.29 is 14.3 Å². The van der Waals surface area contributed by atoms with Crippen molar-refractivity contribution in [2.75, 3.05) is 0 Å². The third kappa shape index (κ3) is 4.22. The molecule has 0 unspecified atom stereocenters. The number of nitrogens with two attached hydrogens (primary N) is 1. The van der Waals surface area contributed by atoms with Gasteiger partial charge in [0.05, 0.1) is 5.92 Å². The molecule has 0 aromatic heterocycles. The highest BCUT2D eigenvalue weighted by Crippen LogP contribution is 2.26. The van der Waals surface area contributed by atoms with E-state index in [-0.39, 0.29) is 17.9 Å². The Balaban J connectivity index is 2.50. The molecule has 1 aliphatic rings. The molecule has 0 aliphatic heterocycles. The van der Waals surface area contributed by atoms with Gasteiger partial charge < -0.3 is 10.1 Å². The van der Waals surface area contributed by atoms with Crippen LogP contribution in [0.1, 0.15) is 40.0 Å². The van der Waals surface area contributed by atoms with Crippen molar-refractivity contribution >= 4 is 12.0 Å². The van der Waals surface area contributed by atoms with E-state index in [9.17, 15) is 9.59 Å². The Morgan fingerprint density at radius 1 is 1.29 bits per heavy atom. The molecule has 1 saturated carbocycles. The predicted molar refractivity (Wildman–Crippen MR) is 62.8 cm³/mol. The van der Waals surface area contributed by atoms with E-state index in [1.54, 1.807) is 20.8 Å². The van der Waals surface area contributed by atoms with E-state index >= 15 is 0 Å². The normalized spacial score (nSPS) is 24.2. The SMILES string of the molecule is CC(C)(C)OC(=O)N[C@@H]1CCC[C@H]1C(=O)NN. The zero-order chi connectivity index (χ0) is 13.1. The lowest BCUT2D eigenvalue weighted by Crippen LogP contribution is -2.47. The first-order valence-electron chi connectivity index (χ1n) is 5.83. The van der Waals surface area contributed by atoms with Gasteiger partial charge in [0.1, 0.15) is 5.60 Å². The molecule has 6 heteroatoms. The fourth-order valence-electron chi connectivity index (χ4n) is 2.01. The third-order valence-corrected chi connectivity index (χ3v) is 2.70. The van der Waals surface area contributed by atoms with Crippen molar-refractivity contribution in [2.24, 2.45) is 11.8 Å². The number of alkyl carbamates (subject to hydrolysis) is 1. The van der Waals surface area contributed by atoms with Crippen LogP contribution in [0, 0.1) is 5.92 Å². The molecule has 1 rings (SSSR count). The minimum atomic E-state index is -0.533. The molecule has 1 fully saturated rings. The zero-order valence-corrected chi connectivity index (χ0v) is 10.6. The zero-order valence-electron chi connectivity index (χ0n) is 10.6. The van der Waals surface area contributed by atoms with E-state index in [1.807, 2.05) is 0 Å². The summed E-state index contributed by atoms with van der Waals surface area (Å²) in [6.45, 7) is 5.39. The molecule has 98 valence electrons. The number of amides is 2. The Labute approximate surface area is 101 Å². The Morgan fingerprint density at radius 3 is 2.47 bits per heavy atom. The van der Waals surface area contributed by atoms with Gasteiger partial charge in [-0.05, 0) is 33.6 Å². The van der Waals surface area contributed by atoms with Crippen LogP contribution in [0.2, 0.25) is 0 Å². The van der Waals surface area contributed by atoms with Gasteiger partial charge in [0.2, 0.25) is 5.91 Å². The summed E-state index contributed by atoms with van der Waals surface area (Å²) in [7, 11) is 0. The molecule has 1 aliphatic carbocycles. The maximum Gasteiger partial charge on any atom is 0.407 e. The van der Waals surface area contributed by atoms with Gasteiger partial charge >= 0.3 is 6.09 Å². The van der Waals surface area contributed by atoms with Gasteiger partial charge in [-0.25, -0.2) is 10.6 Å². The van der Waals surface area contributed by atoms with Crippen LogP contribution < -0.4 is 16.6 Å². The first kappa shape index (κ1) is 13.8. The van der Waals surface area contributed by atoms with Crippen LogP contribution in [0.4, 0.5) is 4.79 Å². The average Bonchev–Trinajstić information content (AvgIpc) is 2.61. The summed E-state index contributed by atoms with van der Waals surface area (Å²) in [4.78, 5) is 23.0. The monoisotopic (exact) mass is 243 g/mol. The number of nitrogens with one attached hydrogen (secondary N) is 2. The van der Waals surface area contributed by atoms with Crippen molar-refractivity contribution in [1.82, 2.24) is 10.7 Å². The Morgan fingerprint density at radius 2 is 1.94 bits per heavy atom. The van der Waals surface area contributed by atoms with Crippen molar-refractivity contribution in [3.63, 3.8) is 0 Å². The van der Waals surface area contributed by atoms with Crippen LogP contribution in [0.15, 0.2) is 0 Å². The summed E-state index contributed by atoms with van der Waals surface area (Å²) in [5, 5.41) is 2.72. The molecule has 0 saturated heterocycles. The minimum Gasteiger partial charge on any atom is -0.444 e. The number of hydrazine groups is 1. The summed E-state index contributed by atoms with van der Waals surface area (Å²) < 4.78 is 5.15. The van der Waals surface area contributed by atoms with Gasteiger partial charge in [0.25, 0.3) is 0 Å². The quantitative estimate of drug-likeness (QED) is 0.377. The number of ether oxygens (including phenoxy) is 1. The molecular formula is C11H21N3O3. The predicted octanol–water partition coefficient (Wildman–Crippen LogP) is 0.670. The Hall–Kier alpha value is -1.30. The number of hydrogen-bond acceptors (Lipinski definition) is 4. The van der Waals surface area contributed by atoms with Gasteiger partial charge in [-0.2, -0.15) is 0 Å². The van der Waals surface area contributed by atoms with Gasteiger partial charge in [-0.15, -0.1) is 0 Å². The van der Waals surface area contributed by atoms with Crippen LogP contribution in [0.5, 0.6) is 0 Å². The second-order valence-electron chi connectivity index (χ2n) is 5.30. The average molecular weight is 243 g/mol. The van der Waals surface area contributed by atoms with Gasteiger partial charge in [0.15, 0.2) is 0 Å². The molecule has 2 atom stereocenters. The fourth-order valence-corrected chi connectivity index (χ4v) is 2.01. The van der Waals surface area contributed by atoms with E-state index in [0.29, 0.717) is 0 Å². The molecule has 0 spiro atoms. The molecule has 0 aromatic rings. The van der Waals surface area contributed by atoms with Crippen molar-refractivity contribution in [3.05, 3.63) is 0 Å². The minimum absolute atomic E-state index is 0.187. The van der Waals surface area contributed by atoms with Gasteiger partial charge in [-0.1, -0.05) is 6.42 Å². The number of hydrogen-bond donors (Lipinski definition) is 3. The highest BCUT2D eigenvalue weighted by molar-refractivity contribution is 5.80. The lowest BCUT2D eigenvalue weighted by molar-refractivity contribution is -0.125. The summed E-state index contributed by atoms with van der Waals surface area (Å²) >= 11 is 0. The molecule has 6 nitrogen and oxygen atoms in total. The molecule has 4 N–H and O–H groups in total. The largest absolute Gasteiger partial charge is 0.444 e. The molecule has 17 heavy (non-hydrogen) atoms. The highest BCUT2D eigenvalue weighted by atomic mass is 16.6. The summed E-state index contributed by atoms with van der Waals surface area (Å²) in [6.07, 6.45) is 1.93. The summed E-state index contributed by atoms with van der Waals surface area (Å²) in [6, 6.07) is -0.187. The van der Waals surface area contributed by atoms with Crippen LogP contribution in [0.3, 0.4) is 0 Å². The highest BCUT2D eigenvalue weighted by Gasteiger charge is 2.34. The molecule has 0 bridgehead atoms. The first-order valence-corrected chi connectivity index (χ1v) is 5.83. The third-order valence-electron chi connectivity index (χ3n) is 2.70. The van der Waals surface area contributed by atoms with Crippen LogP contribution in [-0.4, -0.2) is 23.6 Å². The molecule has 0 aromatic carbocycles. The standard InChI is InChI=1S/C11H21N3O3/c1-11(2,3)17-10(16)13-8-6-4-5-7(8)9(15)14-12/h7-8H,4-6,12H2,1-3H3,(H,13,16)(H,14,15)/t7-,8-/m1/s1. The van der Waals surface area contributed by atoms with E-state index in [1.165, 1.54) is 0 Å². The van der Waals surface area contributed by atoms with Crippen LogP contribution in [0.25, 0.3) is 0 Å². The molecule has 2 amide bonds. The Kier molecular flexibility index (Phi) is 4.34. The topological polar surface area (TPSA) is 93.4 Å². The maximum atomic E-state index is 11.6. The fraction of sp³-hybridized carbons (Fsp3) is 0.818. The lowest BCUT2D eigenvalue weighted by Gasteiger charge is -2.24. The number of carbonyl (C=O) groups is 2. The van der Waals surface area contributed by atoms with Crippen molar-refractivity contribution in [3.8, 4) is 0 Å². The van der Waals surface area contributed by atoms with Gasteiger partial charge in [-0.3, -0.25) is 10.2 Å². The molecule has 0 radical (unpaired) electrons. The van der Waals surface area contributed by atoms with E-state index < -0.39 is 11.7 Å². The van der Waals surface area contributed by atoms with Crippen LogP contribution >= 0.6 is 0 Å². The van der Waals surface area contributed by atoms with Crippen molar-refractivity contribution in [2.45, 2.75) is 51.7 Å². The maximum absolute atomic E-state index is 11.6.